The summed E-state index contributed by atoms with van der Waals surface area (Å²) < 4.78 is 1.88. The van der Waals surface area contributed by atoms with Crippen molar-refractivity contribution in [1.29, 1.82) is 0 Å². The monoisotopic (exact) mass is 257 g/mol. The highest BCUT2D eigenvalue weighted by Gasteiger charge is 2.39. The SMILES string of the molecule is CCN1C(=O)C[C@H](n2c(C)nc3ccccc32)C1=O. The third-order valence-corrected chi connectivity index (χ3v) is 3.62. The largest absolute Gasteiger partial charge is 0.315 e. The maximum absolute atomic E-state index is 12.3. The van der Waals surface area contributed by atoms with Crippen molar-refractivity contribution in [1.82, 2.24) is 14.5 Å². The second-order valence-corrected chi connectivity index (χ2v) is 4.71. The average Bonchev–Trinajstić information content (AvgIpc) is 2.85. The van der Waals surface area contributed by atoms with Crippen LogP contribution in [0.4, 0.5) is 0 Å². The number of aromatic nitrogens is 2. The lowest BCUT2D eigenvalue weighted by Gasteiger charge is -2.14. The van der Waals surface area contributed by atoms with Gasteiger partial charge < -0.3 is 4.57 Å². The number of amides is 2. The average molecular weight is 257 g/mol. The number of likely N-dealkylation sites (tertiary alicyclic amines) is 1. The fraction of sp³-hybridized carbons (Fsp3) is 0.357. The summed E-state index contributed by atoms with van der Waals surface area (Å²) in [7, 11) is 0. The van der Waals surface area contributed by atoms with Crippen LogP contribution in [0.1, 0.15) is 25.2 Å². The van der Waals surface area contributed by atoms with Crippen LogP contribution in [0.15, 0.2) is 24.3 Å². The zero-order chi connectivity index (χ0) is 13.6. The molecule has 0 radical (unpaired) electrons. The van der Waals surface area contributed by atoms with Gasteiger partial charge in [0.2, 0.25) is 5.91 Å². The van der Waals surface area contributed by atoms with Crippen LogP contribution in [0.25, 0.3) is 11.0 Å². The first-order chi connectivity index (χ1) is 9.13. The summed E-state index contributed by atoms with van der Waals surface area (Å²) in [6.45, 7) is 4.11. The third kappa shape index (κ3) is 1.65. The highest BCUT2D eigenvalue weighted by Crippen LogP contribution is 2.29. The van der Waals surface area contributed by atoms with Crippen molar-refractivity contribution >= 4 is 22.8 Å². The van der Waals surface area contributed by atoms with Gasteiger partial charge in [0.1, 0.15) is 11.9 Å². The Balaban J connectivity index is 2.13. The van der Waals surface area contributed by atoms with E-state index in [1.807, 2.05) is 42.7 Å². The van der Waals surface area contributed by atoms with Crippen LogP contribution in [0.3, 0.4) is 0 Å². The van der Waals surface area contributed by atoms with E-state index < -0.39 is 6.04 Å². The normalized spacial score (nSPS) is 19.7. The van der Waals surface area contributed by atoms with E-state index in [0.29, 0.717) is 6.54 Å². The molecule has 0 bridgehead atoms. The Kier molecular flexibility index (Phi) is 2.62. The molecule has 98 valence electrons. The molecule has 0 aliphatic carbocycles. The Hall–Kier alpha value is -2.17. The predicted octanol–water partition coefficient (Wildman–Crippen LogP) is 1.66. The minimum Gasteiger partial charge on any atom is -0.315 e. The lowest BCUT2D eigenvalue weighted by Crippen LogP contribution is -2.31. The molecule has 0 spiro atoms. The van der Waals surface area contributed by atoms with E-state index in [2.05, 4.69) is 4.98 Å². The van der Waals surface area contributed by atoms with Gasteiger partial charge in [-0.15, -0.1) is 0 Å². The van der Waals surface area contributed by atoms with E-state index >= 15 is 0 Å². The highest BCUT2D eigenvalue weighted by molar-refractivity contribution is 6.05. The number of fused-ring (bicyclic) bond motifs is 1. The lowest BCUT2D eigenvalue weighted by atomic mass is 10.2. The molecule has 2 heterocycles. The van der Waals surface area contributed by atoms with Gasteiger partial charge in [0.15, 0.2) is 0 Å². The van der Waals surface area contributed by atoms with Crippen LogP contribution in [-0.4, -0.2) is 32.8 Å². The molecule has 5 nitrogen and oxygen atoms in total. The summed E-state index contributed by atoms with van der Waals surface area (Å²) in [5.41, 5.74) is 1.76. The van der Waals surface area contributed by atoms with E-state index in [0.717, 1.165) is 16.9 Å². The van der Waals surface area contributed by atoms with Crippen molar-refractivity contribution in [3.63, 3.8) is 0 Å². The number of benzene rings is 1. The summed E-state index contributed by atoms with van der Waals surface area (Å²) in [4.78, 5) is 29.9. The molecule has 1 aliphatic heterocycles. The van der Waals surface area contributed by atoms with E-state index in [1.54, 1.807) is 0 Å². The van der Waals surface area contributed by atoms with Crippen LogP contribution in [0.5, 0.6) is 0 Å². The van der Waals surface area contributed by atoms with Crippen molar-refractivity contribution in [2.75, 3.05) is 6.54 Å². The molecule has 1 atom stereocenters. The molecule has 2 amide bonds. The van der Waals surface area contributed by atoms with E-state index in [1.165, 1.54) is 4.90 Å². The number of carbonyl (C=O) groups excluding carboxylic acids is 2. The number of aryl methyl sites for hydroxylation is 1. The number of hydrogen-bond donors (Lipinski definition) is 0. The van der Waals surface area contributed by atoms with Gasteiger partial charge in [-0.1, -0.05) is 12.1 Å². The number of rotatable bonds is 2. The van der Waals surface area contributed by atoms with Gasteiger partial charge in [0.05, 0.1) is 17.5 Å². The van der Waals surface area contributed by atoms with Gasteiger partial charge in [-0.25, -0.2) is 4.98 Å². The van der Waals surface area contributed by atoms with E-state index in [9.17, 15) is 9.59 Å². The van der Waals surface area contributed by atoms with Gasteiger partial charge >= 0.3 is 0 Å². The van der Waals surface area contributed by atoms with Crippen LogP contribution in [0, 0.1) is 6.92 Å². The van der Waals surface area contributed by atoms with Crippen molar-refractivity contribution in [3.05, 3.63) is 30.1 Å². The minimum absolute atomic E-state index is 0.102. The summed E-state index contributed by atoms with van der Waals surface area (Å²) in [6, 6.07) is 7.23. The second kappa shape index (κ2) is 4.19. The van der Waals surface area contributed by atoms with Crippen LogP contribution >= 0.6 is 0 Å². The number of nitrogens with zero attached hydrogens (tertiary/aromatic N) is 3. The number of likely N-dealkylation sites (N-methyl/N-ethyl adjacent to an activating group) is 1. The molecule has 1 aromatic carbocycles. The van der Waals surface area contributed by atoms with Crippen LogP contribution < -0.4 is 0 Å². The fourth-order valence-electron chi connectivity index (χ4n) is 2.76. The maximum Gasteiger partial charge on any atom is 0.252 e. The standard InChI is InChI=1S/C14H15N3O2/c1-3-16-13(18)8-12(14(16)19)17-9(2)15-10-6-4-5-7-11(10)17/h4-7,12H,3,8H2,1-2H3/t12-/m0/s1. The third-order valence-electron chi connectivity index (χ3n) is 3.62. The Morgan fingerprint density at radius 1 is 1.32 bits per heavy atom. The molecular weight excluding hydrogens is 242 g/mol. The zero-order valence-electron chi connectivity index (χ0n) is 11.0. The number of para-hydroxylation sites is 2. The Morgan fingerprint density at radius 3 is 2.74 bits per heavy atom. The molecule has 0 unspecified atom stereocenters. The summed E-state index contributed by atoms with van der Waals surface area (Å²) in [5.74, 6) is 0.540. The zero-order valence-corrected chi connectivity index (χ0v) is 11.0. The van der Waals surface area contributed by atoms with Crippen molar-refractivity contribution in [3.8, 4) is 0 Å². The number of hydrogen-bond acceptors (Lipinski definition) is 3. The Bertz CT molecular complexity index is 674. The number of carbonyl (C=O) groups is 2. The first kappa shape index (κ1) is 11.9. The van der Waals surface area contributed by atoms with Gasteiger partial charge in [0.25, 0.3) is 5.91 Å². The Morgan fingerprint density at radius 2 is 2.05 bits per heavy atom. The smallest absolute Gasteiger partial charge is 0.252 e. The summed E-state index contributed by atoms with van der Waals surface area (Å²) in [6.07, 6.45) is 0.230. The van der Waals surface area contributed by atoms with Crippen molar-refractivity contribution in [2.45, 2.75) is 26.3 Å². The molecule has 19 heavy (non-hydrogen) atoms. The number of imide groups is 1. The van der Waals surface area contributed by atoms with Gasteiger partial charge in [-0.2, -0.15) is 0 Å². The summed E-state index contributed by atoms with van der Waals surface area (Å²) in [5, 5.41) is 0. The quantitative estimate of drug-likeness (QED) is 0.769. The summed E-state index contributed by atoms with van der Waals surface area (Å²) >= 11 is 0. The topological polar surface area (TPSA) is 55.2 Å². The first-order valence-corrected chi connectivity index (χ1v) is 6.41. The van der Waals surface area contributed by atoms with E-state index in [4.69, 9.17) is 0 Å². The van der Waals surface area contributed by atoms with Crippen molar-refractivity contribution in [2.24, 2.45) is 0 Å². The molecular formula is C14H15N3O2. The lowest BCUT2D eigenvalue weighted by molar-refractivity contribution is -0.138. The first-order valence-electron chi connectivity index (χ1n) is 6.41. The van der Waals surface area contributed by atoms with Gasteiger partial charge in [-0.3, -0.25) is 14.5 Å². The van der Waals surface area contributed by atoms with Crippen LogP contribution in [0.2, 0.25) is 0 Å². The van der Waals surface area contributed by atoms with E-state index in [-0.39, 0.29) is 18.2 Å². The molecule has 0 N–H and O–H groups in total. The molecule has 1 saturated heterocycles. The van der Waals surface area contributed by atoms with Crippen molar-refractivity contribution < 1.29 is 9.59 Å². The second-order valence-electron chi connectivity index (χ2n) is 4.71. The molecule has 3 rings (SSSR count). The number of imidazole rings is 1. The molecule has 1 aromatic heterocycles. The predicted molar refractivity (Wildman–Crippen MR) is 70.5 cm³/mol. The van der Waals surface area contributed by atoms with Gasteiger partial charge in [-0.05, 0) is 26.0 Å². The van der Waals surface area contributed by atoms with Gasteiger partial charge in [0, 0.05) is 6.54 Å². The highest BCUT2D eigenvalue weighted by atomic mass is 16.2. The minimum atomic E-state index is -0.445. The molecule has 2 aromatic rings. The molecule has 1 aliphatic rings. The van der Waals surface area contributed by atoms with Crippen LogP contribution in [-0.2, 0) is 9.59 Å². The Labute approximate surface area is 110 Å². The molecule has 5 heteroatoms. The molecule has 1 fully saturated rings. The maximum atomic E-state index is 12.3. The molecule has 0 saturated carbocycles. The fourth-order valence-corrected chi connectivity index (χ4v) is 2.76.